The smallest absolute Gasteiger partial charge is 0.282 e. The first-order valence-electron chi connectivity index (χ1n) is 4.20. The van der Waals surface area contributed by atoms with Gasteiger partial charge in [-0.2, -0.15) is 4.98 Å². The number of H-pyrrole nitrogens is 1. The van der Waals surface area contributed by atoms with Crippen LogP contribution in [0.25, 0.3) is 11.2 Å². The number of hydrogen-bond acceptors (Lipinski definition) is 5. The molecule has 0 bridgehead atoms. The Kier molecular flexibility index (Phi) is 1.73. The molecule has 0 saturated carbocycles. The van der Waals surface area contributed by atoms with Crippen LogP contribution >= 0.6 is 0 Å². The fraction of sp³-hybridized carbons (Fsp3) is 0.429. The summed E-state index contributed by atoms with van der Waals surface area (Å²) < 4.78 is 1.56. The second-order valence-corrected chi connectivity index (χ2v) is 3.25. The van der Waals surface area contributed by atoms with Crippen LogP contribution in [-0.2, 0) is 0 Å². The normalized spacial score (nSPS) is 11.4. The van der Waals surface area contributed by atoms with Crippen LogP contribution in [0.1, 0.15) is 19.9 Å². The Morgan fingerprint density at radius 1 is 1.50 bits per heavy atom. The molecule has 2 rings (SSSR count). The second-order valence-electron chi connectivity index (χ2n) is 3.25. The summed E-state index contributed by atoms with van der Waals surface area (Å²) in [4.78, 5) is 17.7. The van der Waals surface area contributed by atoms with Crippen LogP contribution in [0.4, 0.5) is 5.95 Å². The van der Waals surface area contributed by atoms with Crippen molar-refractivity contribution in [3.8, 4) is 0 Å². The Balaban J connectivity index is 2.85. The Bertz CT molecular complexity index is 524. The highest BCUT2D eigenvalue weighted by Crippen LogP contribution is 2.09. The lowest BCUT2D eigenvalue weighted by atomic mass is 10.4. The zero-order valence-corrected chi connectivity index (χ0v) is 7.85. The van der Waals surface area contributed by atoms with Gasteiger partial charge in [-0.25, -0.2) is 4.68 Å². The van der Waals surface area contributed by atoms with Gasteiger partial charge in [-0.3, -0.25) is 9.78 Å². The van der Waals surface area contributed by atoms with E-state index in [0.717, 1.165) is 0 Å². The number of nitrogen functional groups attached to an aromatic ring is 1. The van der Waals surface area contributed by atoms with E-state index in [4.69, 9.17) is 5.73 Å². The van der Waals surface area contributed by atoms with Crippen LogP contribution in [0.15, 0.2) is 4.79 Å². The molecule has 0 radical (unpaired) electrons. The molecule has 0 unspecified atom stereocenters. The molecule has 0 spiro atoms. The van der Waals surface area contributed by atoms with Gasteiger partial charge in [-0.15, -0.1) is 5.10 Å². The van der Waals surface area contributed by atoms with E-state index in [1.54, 1.807) is 4.68 Å². The number of rotatable bonds is 1. The van der Waals surface area contributed by atoms with Crippen molar-refractivity contribution < 1.29 is 0 Å². The topological polar surface area (TPSA) is 102 Å². The zero-order chi connectivity index (χ0) is 10.3. The Morgan fingerprint density at radius 3 is 2.86 bits per heavy atom. The molecule has 0 aliphatic carbocycles. The highest BCUT2D eigenvalue weighted by Gasteiger charge is 2.12. The van der Waals surface area contributed by atoms with Gasteiger partial charge in [-0.1, -0.05) is 5.21 Å². The Hall–Kier alpha value is -1.92. The Labute approximate surface area is 78.9 Å². The van der Waals surface area contributed by atoms with Crippen molar-refractivity contribution in [2.24, 2.45) is 0 Å². The Morgan fingerprint density at radius 2 is 2.21 bits per heavy atom. The SMILES string of the molecule is CC(C)n1nnc2c(=O)[nH]c(N)nc21. The van der Waals surface area contributed by atoms with Gasteiger partial charge in [-0.05, 0) is 13.8 Å². The number of anilines is 1. The number of aromatic nitrogens is 5. The van der Waals surface area contributed by atoms with Crippen molar-refractivity contribution in [2.45, 2.75) is 19.9 Å². The third-order valence-electron chi connectivity index (χ3n) is 1.84. The maximum Gasteiger partial charge on any atom is 0.282 e. The van der Waals surface area contributed by atoms with Crippen LogP contribution in [-0.4, -0.2) is 25.0 Å². The van der Waals surface area contributed by atoms with Crippen LogP contribution in [0.5, 0.6) is 0 Å². The molecule has 0 atom stereocenters. The number of hydrogen-bond donors (Lipinski definition) is 2. The average Bonchev–Trinajstić information content (AvgIpc) is 2.47. The lowest BCUT2D eigenvalue weighted by Gasteiger charge is -2.03. The molecule has 2 heterocycles. The lowest BCUT2D eigenvalue weighted by Crippen LogP contribution is -2.12. The summed E-state index contributed by atoms with van der Waals surface area (Å²) >= 11 is 0. The quantitative estimate of drug-likeness (QED) is 0.647. The number of nitrogens with two attached hydrogens (primary N) is 1. The van der Waals surface area contributed by atoms with Gasteiger partial charge < -0.3 is 5.73 Å². The molecule has 3 N–H and O–H groups in total. The van der Waals surface area contributed by atoms with Crippen LogP contribution in [0.3, 0.4) is 0 Å². The number of aromatic amines is 1. The minimum Gasteiger partial charge on any atom is -0.369 e. The van der Waals surface area contributed by atoms with E-state index in [-0.39, 0.29) is 23.1 Å². The molecular formula is C7H10N6O. The highest BCUT2D eigenvalue weighted by atomic mass is 16.1. The molecule has 14 heavy (non-hydrogen) atoms. The number of fused-ring (bicyclic) bond motifs is 1. The molecular weight excluding hydrogens is 184 g/mol. The van der Waals surface area contributed by atoms with E-state index in [1.807, 2.05) is 13.8 Å². The van der Waals surface area contributed by atoms with E-state index in [2.05, 4.69) is 20.3 Å². The number of nitrogens with zero attached hydrogens (tertiary/aromatic N) is 4. The van der Waals surface area contributed by atoms with E-state index >= 15 is 0 Å². The largest absolute Gasteiger partial charge is 0.369 e. The van der Waals surface area contributed by atoms with Crippen LogP contribution in [0, 0.1) is 0 Å². The molecule has 0 aliphatic heterocycles. The van der Waals surface area contributed by atoms with Gasteiger partial charge in [0, 0.05) is 0 Å². The molecule has 0 fully saturated rings. The van der Waals surface area contributed by atoms with Gasteiger partial charge in [0.1, 0.15) is 0 Å². The van der Waals surface area contributed by atoms with Crippen LogP contribution in [0.2, 0.25) is 0 Å². The first-order valence-corrected chi connectivity index (χ1v) is 4.20. The van der Waals surface area contributed by atoms with E-state index in [1.165, 1.54) is 0 Å². The number of nitrogens with one attached hydrogen (secondary N) is 1. The molecule has 2 aromatic heterocycles. The highest BCUT2D eigenvalue weighted by molar-refractivity contribution is 5.69. The maximum atomic E-state index is 11.3. The third kappa shape index (κ3) is 1.13. The second kappa shape index (κ2) is 2.79. The fourth-order valence-electron chi connectivity index (χ4n) is 1.21. The zero-order valence-electron chi connectivity index (χ0n) is 7.85. The molecule has 2 aromatic rings. The molecule has 0 aromatic carbocycles. The summed E-state index contributed by atoms with van der Waals surface area (Å²) in [5.41, 5.74) is 5.69. The molecule has 0 amide bonds. The monoisotopic (exact) mass is 194 g/mol. The van der Waals surface area contributed by atoms with Crippen molar-refractivity contribution in [1.82, 2.24) is 25.0 Å². The molecule has 0 saturated heterocycles. The molecule has 7 heteroatoms. The first-order chi connectivity index (χ1) is 6.59. The molecule has 0 aliphatic rings. The lowest BCUT2D eigenvalue weighted by molar-refractivity contribution is 0.526. The van der Waals surface area contributed by atoms with Crippen molar-refractivity contribution in [3.63, 3.8) is 0 Å². The summed E-state index contributed by atoms with van der Waals surface area (Å²) in [7, 11) is 0. The molecule has 74 valence electrons. The minimum atomic E-state index is -0.362. The van der Waals surface area contributed by atoms with Crippen molar-refractivity contribution in [1.29, 1.82) is 0 Å². The van der Waals surface area contributed by atoms with Gasteiger partial charge in [0.25, 0.3) is 5.56 Å². The molecule has 7 nitrogen and oxygen atoms in total. The summed E-state index contributed by atoms with van der Waals surface area (Å²) in [6.45, 7) is 3.85. The predicted molar refractivity (Wildman–Crippen MR) is 50.7 cm³/mol. The van der Waals surface area contributed by atoms with E-state index in [9.17, 15) is 4.79 Å². The fourth-order valence-corrected chi connectivity index (χ4v) is 1.21. The standard InChI is InChI=1S/C7H10N6O/c1-3(2)13-5-4(11-12-13)6(14)10-7(8)9-5/h3H,1-2H3,(H3,8,9,10,14). The average molecular weight is 194 g/mol. The van der Waals surface area contributed by atoms with Gasteiger partial charge >= 0.3 is 0 Å². The predicted octanol–water partition coefficient (Wildman–Crippen LogP) is -0.322. The van der Waals surface area contributed by atoms with Crippen molar-refractivity contribution >= 4 is 17.1 Å². The maximum absolute atomic E-state index is 11.3. The first kappa shape index (κ1) is 8.67. The minimum absolute atomic E-state index is 0.0756. The summed E-state index contributed by atoms with van der Waals surface area (Å²) in [6, 6.07) is 0.0914. The summed E-state index contributed by atoms with van der Waals surface area (Å²) in [6.07, 6.45) is 0. The van der Waals surface area contributed by atoms with Crippen molar-refractivity contribution in [2.75, 3.05) is 5.73 Å². The summed E-state index contributed by atoms with van der Waals surface area (Å²) in [5, 5.41) is 7.56. The van der Waals surface area contributed by atoms with Crippen molar-refractivity contribution in [3.05, 3.63) is 10.4 Å². The van der Waals surface area contributed by atoms with Crippen LogP contribution < -0.4 is 11.3 Å². The van der Waals surface area contributed by atoms with E-state index in [0.29, 0.717) is 5.65 Å². The van der Waals surface area contributed by atoms with E-state index < -0.39 is 0 Å². The third-order valence-corrected chi connectivity index (χ3v) is 1.84. The van der Waals surface area contributed by atoms with Gasteiger partial charge in [0.15, 0.2) is 11.2 Å². The summed E-state index contributed by atoms with van der Waals surface area (Å²) in [5.74, 6) is 0.0756. The van der Waals surface area contributed by atoms with Gasteiger partial charge in [0.2, 0.25) is 5.95 Å². The van der Waals surface area contributed by atoms with Gasteiger partial charge in [0.05, 0.1) is 6.04 Å².